The Bertz CT molecular complexity index is 716. The average molecular weight is 282 g/mol. The lowest BCUT2D eigenvalue weighted by Gasteiger charge is -2.09. The molecule has 0 unspecified atom stereocenters. The second-order valence-corrected chi connectivity index (χ2v) is 4.51. The van der Waals surface area contributed by atoms with E-state index in [0.717, 1.165) is 0 Å². The smallest absolute Gasteiger partial charge is 0.347 e. The minimum atomic E-state index is -0.727. The van der Waals surface area contributed by atoms with Gasteiger partial charge in [0, 0.05) is 0 Å². The average Bonchev–Trinajstić information content (AvgIpc) is 2.47. The van der Waals surface area contributed by atoms with Crippen LogP contribution in [0.1, 0.15) is 27.6 Å². The normalized spacial score (nSPS) is 9.95. The summed E-state index contributed by atoms with van der Waals surface area (Å²) in [6, 6.07) is 12.5. The molecule has 0 amide bonds. The molecule has 0 aliphatic heterocycles. The second kappa shape index (κ2) is 6.05. The summed E-state index contributed by atoms with van der Waals surface area (Å²) in [5.41, 5.74) is 0.643. The zero-order valence-corrected chi connectivity index (χ0v) is 11.5. The van der Waals surface area contributed by atoms with E-state index in [0.29, 0.717) is 5.57 Å². The van der Waals surface area contributed by atoms with Crippen molar-refractivity contribution in [1.29, 1.82) is 0 Å². The summed E-state index contributed by atoms with van der Waals surface area (Å²) in [4.78, 5) is 24.1. The molecule has 0 bridgehead atoms. The molecule has 0 radical (unpaired) electrons. The fourth-order valence-electron chi connectivity index (χ4n) is 1.77. The number of ether oxygens (including phenoxy) is 1. The highest BCUT2D eigenvalue weighted by Crippen LogP contribution is 2.24. The van der Waals surface area contributed by atoms with Crippen molar-refractivity contribution in [2.75, 3.05) is 0 Å². The zero-order valence-electron chi connectivity index (χ0n) is 11.5. The third-order valence-corrected chi connectivity index (χ3v) is 2.85. The molecule has 0 aromatic heterocycles. The largest absolute Gasteiger partial charge is 0.507 e. The van der Waals surface area contributed by atoms with Gasteiger partial charge in [0.1, 0.15) is 17.1 Å². The number of hydrogen-bond donors (Lipinski definition) is 1. The van der Waals surface area contributed by atoms with E-state index in [-0.39, 0.29) is 28.4 Å². The fraction of sp³-hybridized carbons (Fsp3) is 0.0588. The molecule has 0 heterocycles. The van der Waals surface area contributed by atoms with Crippen molar-refractivity contribution < 1.29 is 19.4 Å². The van der Waals surface area contributed by atoms with Crippen LogP contribution in [0.4, 0.5) is 0 Å². The van der Waals surface area contributed by atoms with E-state index in [4.69, 9.17) is 4.74 Å². The van der Waals surface area contributed by atoms with Gasteiger partial charge < -0.3 is 9.84 Å². The molecule has 0 spiro atoms. The number of Topliss-reactive ketones (excluding diaryl/α,β-unsaturated/α-hetero) is 1. The van der Waals surface area contributed by atoms with Crippen LogP contribution in [0, 0.1) is 0 Å². The molecule has 106 valence electrons. The number of rotatable bonds is 4. The van der Waals surface area contributed by atoms with Crippen LogP contribution in [-0.2, 0) is 0 Å². The van der Waals surface area contributed by atoms with Crippen LogP contribution in [-0.4, -0.2) is 16.9 Å². The molecular weight excluding hydrogens is 268 g/mol. The molecule has 21 heavy (non-hydrogen) atoms. The Morgan fingerprint density at radius 3 is 2.19 bits per heavy atom. The van der Waals surface area contributed by atoms with Crippen LogP contribution in [0.15, 0.2) is 60.7 Å². The fourth-order valence-corrected chi connectivity index (χ4v) is 1.77. The van der Waals surface area contributed by atoms with Gasteiger partial charge in [-0.2, -0.15) is 0 Å². The van der Waals surface area contributed by atoms with Crippen LogP contribution in [0.25, 0.3) is 0 Å². The summed E-state index contributed by atoms with van der Waals surface area (Å²) in [5.74, 6) is -1.06. The molecule has 1 N–H and O–H groups in total. The second-order valence-electron chi connectivity index (χ2n) is 4.51. The monoisotopic (exact) mass is 282 g/mol. The zero-order chi connectivity index (χ0) is 15.4. The first-order chi connectivity index (χ1) is 10.0. The molecule has 4 heteroatoms. The van der Waals surface area contributed by atoms with Gasteiger partial charge in [0.2, 0.25) is 0 Å². The number of carbonyl (C=O) groups excluding carboxylic acids is 2. The molecule has 2 aromatic carbocycles. The number of allylic oxidation sites excluding steroid dienone is 1. The van der Waals surface area contributed by atoms with Gasteiger partial charge in [-0.15, -0.1) is 0 Å². The summed E-state index contributed by atoms with van der Waals surface area (Å²) < 4.78 is 5.22. The third kappa shape index (κ3) is 3.17. The van der Waals surface area contributed by atoms with E-state index in [1.807, 2.05) is 0 Å². The van der Waals surface area contributed by atoms with Crippen molar-refractivity contribution in [2.24, 2.45) is 0 Å². The summed E-state index contributed by atoms with van der Waals surface area (Å²) in [6.07, 6.45) is 0. The first-order valence-electron chi connectivity index (χ1n) is 6.30. The van der Waals surface area contributed by atoms with Crippen molar-refractivity contribution in [3.05, 3.63) is 71.8 Å². The van der Waals surface area contributed by atoms with E-state index in [1.54, 1.807) is 37.3 Å². The Hall–Kier alpha value is -2.88. The van der Waals surface area contributed by atoms with Crippen molar-refractivity contribution >= 4 is 11.8 Å². The van der Waals surface area contributed by atoms with Crippen LogP contribution in [0.3, 0.4) is 0 Å². The van der Waals surface area contributed by atoms with Gasteiger partial charge in [-0.1, -0.05) is 30.8 Å². The van der Waals surface area contributed by atoms with Crippen molar-refractivity contribution in [1.82, 2.24) is 0 Å². The maximum Gasteiger partial charge on any atom is 0.347 e. The Balaban J connectivity index is 2.33. The Morgan fingerprint density at radius 1 is 1.00 bits per heavy atom. The SMILES string of the molecule is C=C(C)C(=O)c1ccccc1OC(=O)c1ccccc1O. The van der Waals surface area contributed by atoms with Crippen LogP contribution in [0.5, 0.6) is 11.5 Å². The van der Waals surface area contributed by atoms with E-state index in [1.165, 1.54) is 18.2 Å². The quantitative estimate of drug-likeness (QED) is 0.404. The van der Waals surface area contributed by atoms with Crippen molar-refractivity contribution in [3.63, 3.8) is 0 Å². The molecular formula is C17H14O4. The summed E-state index contributed by atoms with van der Waals surface area (Å²) in [7, 11) is 0. The lowest BCUT2D eigenvalue weighted by atomic mass is 10.1. The lowest BCUT2D eigenvalue weighted by molar-refractivity contribution is 0.0730. The Morgan fingerprint density at radius 2 is 1.57 bits per heavy atom. The number of aromatic hydroxyl groups is 1. The van der Waals surface area contributed by atoms with Crippen LogP contribution in [0.2, 0.25) is 0 Å². The Labute approximate surface area is 122 Å². The lowest BCUT2D eigenvalue weighted by Crippen LogP contribution is -2.12. The van der Waals surface area contributed by atoms with Crippen LogP contribution < -0.4 is 4.74 Å². The number of esters is 1. The maximum atomic E-state index is 12.1. The summed E-state index contributed by atoms with van der Waals surface area (Å²) in [6.45, 7) is 5.18. The molecule has 4 nitrogen and oxygen atoms in total. The number of ketones is 1. The standard InChI is InChI=1S/C17H14O4/c1-11(2)16(19)13-8-4-6-10-15(13)21-17(20)12-7-3-5-9-14(12)18/h3-10,18H,1H2,2H3. The number of phenols is 1. The first-order valence-corrected chi connectivity index (χ1v) is 6.30. The summed E-state index contributed by atoms with van der Waals surface area (Å²) in [5, 5.41) is 9.64. The predicted octanol–water partition coefficient (Wildman–Crippen LogP) is 3.37. The first kappa shape index (κ1) is 14.5. The topological polar surface area (TPSA) is 63.6 Å². The number of carbonyl (C=O) groups is 2. The molecule has 0 fully saturated rings. The Kier molecular flexibility index (Phi) is 4.18. The van der Waals surface area contributed by atoms with Gasteiger partial charge in [0.05, 0.1) is 5.56 Å². The van der Waals surface area contributed by atoms with Gasteiger partial charge in [0.25, 0.3) is 0 Å². The minimum absolute atomic E-state index is 0.0371. The number of benzene rings is 2. The van der Waals surface area contributed by atoms with Gasteiger partial charge in [-0.25, -0.2) is 4.79 Å². The van der Waals surface area contributed by atoms with Crippen molar-refractivity contribution in [2.45, 2.75) is 6.92 Å². The summed E-state index contributed by atoms with van der Waals surface area (Å²) >= 11 is 0. The molecule has 2 aromatic rings. The highest BCUT2D eigenvalue weighted by Gasteiger charge is 2.18. The van der Waals surface area contributed by atoms with Gasteiger partial charge in [-0.3, -0.25) is 4.79 Å². The van der Waals surface area contributed by atoms with Gasteiger partial charge >= 0.3 is 5.97 Å². The molecule has 0 saturated heterocycles. The van der Waals surface area contributed by atoms with E-state index in [2.05, 4.69) is 6.58 Å². The molecule has 0 aliphatic carbocycles. The van der Waals surface area contributed by atoms with Crippen LogP contribution >= 0.6 is 0 Å². The number of para-hydroxylation sites is 2. The minimum Gasteiger partial charge on any atom is -0.507 e. The van der Waals surface area contributed by atoms with Crippen molar-refractivity contribution in [3.8, 4) is 11.5 Å². The third-order valence-electron chi connectivity index (χ3n) is 2.85. The van der Waals surface area contributed by atoms with E-state index >= 15 is 0 Å². The van der Waals surface area contributed by atoms with Gasteiger partial charge in [0.15, 0.2) is 5.78 Å². The predicted molar refractivity (Wildman–Crippen MR) is 78.7 cm³/mol. The highest BCUT2D eigenvalue weighted by molar-refractivity contribution is 6.10. The maximum absolute atomic E-state index is 12.1. The number of phenolic OH excluding ortho intramolecular Hbond substituents is 1. The van der Waals surface area contributed by atoms with Gasteiger partial charge in [-0.05, 0) is 36.8 Å². The van der Waals surface area contributed by atoms with E-state index < -0.39 is 5.97 Å². The molecule has 0 aliphatic rings. The van der Waals surface area contributed by atoms with E-state index in [9.17, 15) is 14.7 Å². The molecule has 0 atom stereocenters. The molecule has 0 saturated carbocycles. The molecule has 2 rings (SSSR count). The highest BCUT2D eigenvalue weighted by atomic mass is 16.5. The number of hydrogen-bond acceptors (Lipinski definition) is 4.